The Hall–Kier alpha value is -0.790. The van der Waals surface area contributed by atoms with E-state index >= 15 is 0 Å². The summed E-state index contributed by atoms with van der Waals surface area (Å²) < 4.78 is 0. The van der Waals surface area contributed by atoms with Crippen LogP contribution in [0.5, 0.6) is 0 Å². The number of carbonyl (C=O) groups excluding carboxylic acids is 1. The first-order chi connectivity index (χ1) is 9.49. The lowest BCUT2D eigenvalue weighted by molar-refractivity contribution is -0.160. The lowest BCUT2D eigenvalue weighted by Gasteiger charge is -2.48. The third-order valence-corrected chi connectivity index (χ3v) is 6.25. The Kier molecular flexibility index (Phi) is 2.70. The summed E-state index contributed by atoms with van der Waals surface area (Å²) in [7, 11) is 0. The summed E-state index contributed by atoms with van der Waals surface area (Å²) in [6.07, 6.45) is -1.82. The fourth-order valence-corrected chi connectivity index (χ4v) is 4.36. The molecule has 3 rings (SSSR count). The van der Waals surface area contributed by atoms with E-state index in [1.165, 1.54) is 20.8 Å². The maximum atomic E-state index is 12.7. The standard InChI is InChI=1S/C15H22O6/c1-12(6-16)9(17)7-8(11(12)19)13(2,20)15(4-5-15)14(3,21)10(7)18/h9,11,16-17,19-21H,4-6H2,1-3H3/t9-,11+,12+,13+,14-/m0/s1. The Morgan fingerprint density at radius 3 is 2.00 bits per heavy atom. The monoisotopic (exact) mass is 298 g/mol. The van der Waals surface area contributed by atoms with Gasteiger partial charge in [-0.2, -0.15) is 0 Å². The molecule has 6 heteroatoms. The van der Waals surface area contributed by atoms with Crippen LogP contribution in [0.15, 0.2) is 11.1 Å². The van der Waals surface area contributed by atoms with Gasteiger partial charge in [-0.05, 0) is 26.7 Å². The number of hydrogen-bond acceptors (Lipinski definition) is 6. The molecule has 0 unspecified atom stereocenters. The lowest BCUT2D eigenvalue weighted by Crippen LogP contribution is -2.61. The molecule has 0 aromatic rings. The van der Waals surface area contributed by atoms with Gasteiger partial charge < -0.3 is 25.5 Å². The van der Waals surface area contributed by atoms with Crippen LogP contribution in [0.2, 0.25) is 0 Å². The van der Waals surface area contributed by atoms with Crippen LogP contribution < -0.4 is 0 Å². The number of rotatable bonds is 1. The predicted molar refractivity (Wildman–Crippen MR) is 72.2 cm³/mol. The molecule has 0 bridgehead atoms. The van der Waals surface area contributed by atoms with Crippen LogP contribution in [-0.4, -0.2) is 61.3 Å². The van der Waals surface area contributed by atoms with Crippen LogP contribution in [0.1, 0.15) is 33.6 Å². The van der Waals surface area contributed by atoms with Gasteiger partial charge in [-0.25, -0.2) is 0 Å². The van der Waals surface area contributed by atoms with Crippen LogP contribution in [-0.2, 0) is 4.79 Å². The average molecular weight is 298 g/mol. The molecule has 1 saturated carbocycles. The van der Waals surface area contributed by atoms with Crippen molar-refractivity contribution >= 4 is 5.78 Å². The number of ketones is 1. The summed E-state index contributed by atoms with van der Waals surface area (Å²) in [6, 6.07) is 0. The van der Waals surface area contributed by atoms with Crippen molar-refractivity contribution in [3.63, 3.8) is 0 Å². The molecule has 6 nitrogen and oxygen atoms in total. The molecular formula is C15H22O6. The first-order valence-corrected chi connectivity index (χ1v) is 7.20. The molecule has 0 amide bonds. The molecule has 5 N–H and O–H groups in total. The minimum Gasteiger partial charge on any atom is -0.396 e. The molecule has 0 radical (unpaired) electrons. The topological polar surface area (TPSA) is 118 Å². The Morgan fingerprint density at radius 1 is 1.05 bits per heavy atom. The van der Waals surface area contributed by atoms with E-state index in [1.807, 2.05) is 0 Å². The van der Waals surface area contributed by atoms with Gasteiger partial charge in [0.2, 0.25) is 0 Å². The molecule has 118 valence electrons. The van der Waals surface area contributed by atoms with Crippen molar-refractivity contribution < 1.29 is 30.3 Å². The molecule has 1 fully saturated rings. The van der Waals surface area contributed by atoms with E-state index in [2.05, 4.69) is 0 Å². The molecule has 0 aromatic carbocycles. The summed E-state index contributed by atoms with van der Waals surface area (Å²) in [5.41, 5.74) is -5.88. The highest BCUT2D eigenvalue weighted by atomic mass is 16.3. The summed E-state index contributed by atoms with van der Waals surface area (Å²) >= 11 is 0. The Morgan fingerprint density at radius 2 is 1.57 bits per heavy atom. The first-order valence-electron chi connectivity index (χ1n) is 7.20. The van der Waals surface area contributed by atoms with Gasteiger partial charge in [-0.3, -0.25) is 4.79 Å². The Balaban J connectivity index is 2.26. The highest BCUT2D eigenvalue weighted by molar-refractivity contribution is 6.06. The predicted octanol–water partition coefficient (Wildman–Crippen LogP) is -1.12. The van der Waals surface area contributed by atoms with E-state index in [0.29, 0.717) is 12.8 Å². The second-order valence-electron chi connectivity index (χ2n) is 7.35. The summed E-state index contributed by atoms with van der Waals surface area (Å²) in [5.74, 6) is -0.662. The highest BCUT2D eigenvalue weighted by Gasteiger charge is 2.76. The van der Waals surface area contributed by atoms with Gasteiger partial charge in [-0.15, -0.1) is 0 Å². The van der Waals surface area contributed by atoms with Gasteiger partial charge in [0, 0.05) is 16.6 Å². The summed E-state index contributed by atoms with van der Waals surface area (Å²) in [6.45, 7) is 3.74. The van der Waals surface area contributed by atoms with Crippen LogP contribution in [0, 0.1) is 10.8 Å². The van der Waals surface area contributed by atoms with E-state index in [0.717, 1.165) is 0 Å². The molecule has 3 aliphatic carbocycles. The van der Waals surface area contributed by atoms with Gasteiger partial charge in [0.1, 0.15) is 5.60 Å². The quantitative estimate of drug-likeness (QED) is 0.418. The zero-order valence-electron chi connectivity index (χ0n) is 12.4. The minimum atomic E-state index is -1.79. The van der Waals surface area contributed by atoms with Gasteiger partial charge >= 0.3 is 0 Å². The number of Topliss-reactive ketones (excluding diaryl/α,β-unsaturated/α-hetero) is 1. The number of aliphatic hydroxyl groups excluding tert-OH is 3. The summed E-state index contributed by atoms with van der Waals surface area (Å²) in [5, 5.41) is 52.1. The van der Waals surface area contributed by atoms with Gasteiger partial charge in [0.05, 0.1) is 29.8 Å². The molecule has 1 spiro atoms. The number of carbonyl (C=O) groups is 1. The van der Waals surface area contributed by atoms with Crippen molar-refractivity contribution in [1.29, 1.82) is 0 Å². The number of aliphatic hydroxyl groups is 5. The largest absolute Gasteiger partial charge is 0.396 e. The van der Waals surface area contributed by atoms with Crippen molar-refractivity contribution in [2.75, 3.05) is 6.61 Å². The molecular weight excluding hydrogens is 276 g/mol. The fourth-order valence-electron chi connectivity index (χ4n) is 4.36. The van der Waals surface area contributed by atoms with E-state index in [-0.39, 0.29) is 11.1 Å². The molecule has 5 atom stereocenters. The van der Waals surface area contributed by atoms with Crippen molar-refractivity contribution in [3.8, 4) is 0 Å². The zero-order chi connectivity index (χ0) is 16.0. The van der Waals surface area contributed by atoms with Crippen molar-refractivity contribution in [2.45, 2.75) is 57.0 Å². The second kappa shape index (κ2) is 3.75. The maximum Gasteiger partial charge on any atom is 0.193 e. The van der Waals surface area contributed by atoms with E-state index in [9.17, 15) is 30.3 Å². The van der Waals surface area contributed by atoms with E-state index in [1.54, 1.807) is 0 Å². The van der Waals surface area contributed by atoms with Crippen LogP contribution in [0.4, 0.5) is 0 Å². The SMILES string of the molecule is C[C@]1(CO)[C@H](O)C2=C(C(=O)[C@](C)(O)C3(CC3)[C@]2(C)O)[C@@H]1O. The van der Waals surface area contributed by atoms with Crippen molar-refractivity contribution in [2.24, 2.45) is 10.8 Å². The molecule has 0 heterocycles. The maximum absolute atomic E-state index is 12.7. The molecule has 21 heavy (non-hydrogen) atoms. The van der Waals surface area contributed by atoms with Gasteiger partial charge in [0.15, 0.2) is 5.78 Å². The Bertz CT molecular complexity index is 557. The van der Waals surface area contributed by atoms with Gasteiger partial charge in [-0.1, -0.05) is 6.92 Å². The fraction of sp³-hybridized carbons (Fsp3) is 0.800. The van der Waals surface area contributed by atoms with E-state index < -0.39 is 46.6 Å². The van der Waals surface area contributed by atoms with Crippen LogP contribution in [0.25, 0.3) is 0 Å². The molecule has 0 aliphatic heterocycles. The van der Waals surface area contributed by atoms with Crippen LogP contribution >= 0.6 is 0 Å². The molecule has 0 saturated heterocycles. The first kappa shape index (κ1) is 15.1. The minimum absolute atomic E-state index is 0.0561. The van der Waals surface area contributed by atoms with Crippen molar-refractivity contribution in [3.05, 3.63) is 11.1 Å². The molecule has 3 aliphatic rings. The van der Waals surface area contributed by atoms with Gasteiger partial charge in [0.25, 0.3) is 0 Å². The average Bonchev–Trinajstić information content (AvgIpc) is 3.19. The lowest BCUT2D eigenvalue weighted by atomic mass is 9.61. The Labute approximate surface area is 122 Å². The van der Waals surface area contributed by atoms with E-state index in [4.69, 9.17) is 0 Å². The summed E-state index contributed by atoms with van der Waals surface area (Å²) in [4.78, 5) is 12.7. The number of hydrogen-bond donors (Lipinski definition) is 5. The normalized spacial score (nSPS) is 51.5. The third-order valence-electron chi connectivity index (χ3n) is 6.25. The van der Waals surface area contributed by atoms with Crippen molar-refractivity contribution in [1.82, 2.24) is 0 Å². The second-order valence-corrected chi connectivity index (χ2v) is 7.35. The smallest absolute Gasteiger partial charge is 0.193 e. The van der Waals surface area contributed by atoms with Crippen LogP contribution in [0.3, 0.4) is 0 Å². The highest BCUT2D eigenvalue weighted by Crippen LogP contribution is 2.68. The third kappa shape index (κ3) is 1.34. The molecule has 0 aromatic heterocycles. The zero-order valence-corrected chi connectivity index (χ0v) is 12.4.